The molecule has 3 unspecified atom stereocenters. The maximum absolute atomic E-state index is 10.7. The number of carboxylic acid groups (broad SMARTS) is 1. The average molecular weight is 201 g/mol. The van der Waals surface area contributed by atoms with Crippen LogP contribution in [0.5, 0.6) is 0 Å². The third kappa shape index (κ3) is 5.22. The molecule has 0 aliphatic rings. The first-order valence-electron chi connectivity index (χ1n) is 5.47. The number of nitrogens with two attached hydrogens (primary N) is 1. The van der Waals surface area contributed by atoms with Gasteiger partial charge in [-0.2, -0.15) is 0 Å². The van der Waals surface area contributed by atoms with Crippen LogP contribution in [0.2, 0.25) is 0 Å². The zero-order valence-corrected chi connectivity index (χ0v) is 9.49. The lowest BCUT2D eigenvalue weighted by atomic mass is 9.90. The van der Waals surface area contributed by atoms with Crippen LogP contribution < -0.4 is 5.73 Å². The Labute approximate surface area is 86.7 Å². The van der Waals surface area contributed by atoms with Crippen molar-refractivity contribution >= 4 is 5.97 Å². The van der Waals surface area contributed by atoms with Crippen LogP contribution in [-0.2, 0) is 4.79 Å². The first-order chi connectivity index (χ1) is 6.49. The lowest BCUT2D eigenvalue weighted by Crippen LogP contribution is -2.34. The Hall–Kier alpha value is -0.570. The summed E-state index contributed by atoms with van der Waals surface area (Å²) in [5.41, 5.74) is 5.81. The molecule has 3 nitrogen and oxygen atoms in total. The maximum Gasteiger partial charge on any atom is 0.307 e. The van der Waals surface area contributed by atoms with E-state index in [1.54, 1.807) is 6.92 Å². The van der Waals surface area contributed by atoms with Gasteiger partial charge in [0.15, 0.2) is 0 Å². The van der Waals surface area contributed by atoms with Crippen LogP contribution in [0.4, 0.5) is 0 Å². The predicted octanol–water partition coefficient (Wildman–Crippen LogP) is 2.25. The monoisotopic (exact) mass is 201 g/mol. The molecule has 0 aliphatic heterocycles. The van der Waals surface area contributed by atoms with Gasteiger partial charge in [0.2, 0.25) is 0 Å². The summed E-state index contributed by atoms with van der Waals surface area (Å²) in [6.07, 6.45) is 4.35. The van der Waals surface area contributed by atoms with Gasteiger partial charge < -0.3 is 10.8 Å². The highest BCUT2D eigenvalue weighted by molar-refractivity contribution is 5.70. The van der Waals surface area contributed by atoms with Gasteiger partial charge in [-0.05, 0) is 12.3 Å². The highest BCUT2D eigenvalue weighted by Gasteiger charge is 2.21. The van der Waals surface area contributed by atoms with Crippen molar-refractivity contribution in [1.29, 1.82) is 0 Å². The van der Waals surface area contributed by atoms with Gasteiger partial charge in [-0.15, -0.1) is 0 Å². The van der Waals surface area contributed by atoms with Gasteiger partial charge >= 0.3 is 5.97 Å². The fraction of sp³-hybridized carbons (Fsp3) is 0.909. The minimum Gasteiger partial charge on any atom is -0.481 e. The number of aliphatic carboxylic acids is 1. The summed E-state index contributed by atoms with van der Waals surface area (Å²) in [6, 6.07) is -0.209. The Kier molecular flexibility index (Phi) is 6.54. The van der Waals surface area contributed by atoms with Crippen molar-refractivity contribution < 1.29 is 9.90 Å². The standard InChI is InChI=1S/C11H23NO2/c1-4-5-6-8(2)7-10(12)9(3)11(13)14/h8-10H,4-7,12H2,1-3H3,(H,13,14). The van der Waals surface area contributed by atoms with E-state index in [0.717, 1.165) is 12.8 Å². The molecule has 0 radical (unpaired) electrons. The number of carboxylic acids is 1. The zero-order chi connectivity index (χ0) is 11.1. The Balaban J connectivity index is 3.80. The van der Waals surface area contributed by atoms with Crippen molar-refractivity contribution in [2.24, 2.45) is 17.6 Å². The van der Waals surface area contributed by atoms with E-state index in [-0.39, 0.29) is 6.04 Å². The normalized spacial score (nSPS) is 17.4. The Morgan fingerprint density at radius 3 is 2.43 bits per heavy atom. The second-order valence-corrected chi connectivity index (χ2v) is 4.27. The molecule has 84 valence electrons. The third-order valence-electron chi connectivity index (χ3n) is 2.76. The van der Waals surface area contributed by atoms with Crippen LogP contribution in [-0.4, -0.2) is 17.1 Å². The Morgan fingerprint density at radius 1 is 1.43 bits per heavy atom. The summed E-state index contributed by atoms with van der Waals surface area (Å²) in [5.74, 6) is -0.689. The SMILES string of the molecule is CCCCC(C)CC(N)C(C)C(=O)O. The number of hydrogen-bond acceptors (Lipinski definition) is 2. The van der Waals surface area contributed by atoms with Crippen molar-refractivity contribution in [3.63, 3.8) is 0 Å². The molecule has 0 fully saturated rings. The summed E-state index contributed by atoms with van der Waals surface area (Å²) in [4.78, 5) is 10.7. The molecule has 0 rings (SSSR count). The summed E-state index contributed by atoms with van der Waals surface area (Å²) in [7, 11) is 0. The fourth-order valence-electron chi connectivity index (χ4n) is 1.52. The van der Waals surface area contributed by atoms with Crippen molar-refractivity contribution in [1.82, 2.24) is 0 Å². The number of carbonyl (C=O) groups is 1. The van der Waals surface area contributed by atoms with E-state index in [1.165, 1.54) is 12.8 Å². The molecule has 14 heavy (non-hydrogen) atoms. The molecule has 3 N–H and O–H groups in total. The summed E-state index contributed by atoms with van der Waals surface area (Å²) in [5, 5.41) is 8.76. The molecule has 0 saturated heterocycles. The van der Waals surface area contributed by atoms with Gasteiger partial charge in [-0.1, -0.05) is 40.0 Å². The minimum absolute atomic E-state index is 0.209. The van der Waals surface area contributed by atoms with Crippen LogP contribution in [0, 0.1) is 11.8 Å². The number of rotatable bonds is 7. The molecule has 0 aromatic carbocycles. The summed E-state index contributed by atoms with van der Waals surface area (Å²) >= 11 is 0. The lowest BCUT2D eigenvalue weighted by Gasteiger charge is -2.20. The van der Waals surface area contributed by atoms with Crippen molar-refractivity contribution in [3.8, 4) is 0 Å². The topological polar surface area (TPSA) is 63.3 Å². The fourth-order valence-corrected chi connectivity index (χ4v) is 1.52. The van der Waals surface area contributed by atoms with E-state index in [2.05, 4.69) is 13.8 Å². The van der Waals surface area contributed by atoms with Crippen molar-refractivity contribution in [2.45, 2.75) is 52.5 Å². The van der Waals surface area contributed by atoms with E-state index in [4.69, 9.17) is 10.8 Å². The highest BCUT2D eigenvalue weighted by Crippen LogP contribution is 2.17. The quantitative estimate of drug-likeness (QED) is 0.664. The second kappa shape index (κ2) is 6.82. The van der Waals surface area contributed by atoms with Gasteiger partial charge in [0.1, 0.15) is 0 Å². The van der Waals surface area contributed by atoms with Crippen LogP contribution in [0.15, 0.2) is 0 Å². The average Bonchev–Trinajstić information content (AvgIpc) is 2.13. The first kappa shape index (κ1) is 13.4. The molecule has 0 saturated carbocycles. The molecule has 0 spiro atoms. The number of unbranched alkanes of at least 4 members (excludes halogenated alkanes) is 1. The van der Waals surface area contributed by atoms with Crippen LogP contribution in [0.3, 0.4) is 0 Å². The van der Waals surface area contributed by atoms with Gasteiger partial charge in [0.05, 0.1) is 5.92 Å². The Morgan fingerprint density at radius 2 is 2.00 bits per heavy atom. The van der Waals surface area contributed by atoms with Crippen LogP contribution in [0.1, 0.15) is 46.5 Å². The maximum atomic E-state index is 10.7. The molecular formula is C11H23NO2. The van der Waals surface area contributed by atoms with E-state index < -0.39 is 11.9 Å². The molecule has 0 aromatic heterocycles. The molecule has 3 atom stereocenters. The van der Waals surface area contributed by atoms with E-state index >= 15 is 0 Å². The minimum atomic E-state index is -0.791. The van der Waals surface area contributed by atoms with Gasteiger partial charge in [-0.3, -0.25) is 4.79 Å². The summed E-state index contributed by atoms with van der Waals surface area (Å²) < 4.78 is 0. The molecule has 0 heterocycles. The smallest absolute Gasteiger partial charge is 0.307 e. The molecule has 0 aromatic rings. The largest absolute Gasteiger partial charge is 0.481 e. The molecule has 3 heteroatoms. The molecule has 0 amide bonds. The third-order valence-corrected chi connectivity index (χ3v) is 2.76. The molecule has 0 aliphatic carbocycles. The summed E-state index contributed by atoms with van der Waals surface area (Å²) in [6.45, 7) is 5.98. The molecule has 0 bridgehead atoms. The molecular weight excluding hydrogens is 178 g/mol. The predicted molar refractivity (Wildman–Crippen MR) is 58.1 cm³/mol. The van der Waals surface area contributed by atoms with Crippen molar-refractivity contribution in [3.05, 3.63) is 0 Å². The van der Waals surface area contributed by atoms with Crippen LogP contribution >= 0.6 is 0 Å². The van der Waals surface area contributed by atoms with E-state index in [9.17, 15) is 4.79 Å². The van der Waals surface area contributed by atoms with E-state index in [1.807, 2.05) is 0 Å². The first-order valence-corrected chi connectivity index (χ1v) is 5.47. The van der Waals surface area contributed by atoms with Gasteiger partial charge in [0.25, 0.3) is 0 Å². The van der Waals surface area contributed by atoms with Gasteiger partial charge in [-0.25, -0.2) is 0 Å². The Bertz CT molecular complexity index is 171. The zero-order valence-electron chi connectivity index (χ0n) is 9.49. The van der Waals surface area contributed by atoms with E-state index in [0.29, 0.717) is 5.92 Å². The van der Waals surface area contributed by atoms with Crippen molar-refractivity contribution in [2.75, 3.05) is 0 Å². The second-order valence-electron chi connectivity index (χ2n) is 4.27. The highest BCUT2D eigenvalue weighted by atomic mass is 16.4. The lowest BCUT2D eigenvalue weighted by molar-refractivity contribution is -0.141. The van der Waals surface area contributed by atoms with Gasteiger partial charge in [0, 0.05) is 6.04 Å². The number of hydrogen-bond donors (Lipinski definition) is 2. The van der Waals surface area contributed by atoms with Crippen LogP contribution in [0.25, 0.3) is 0 Å².